The molecule has 25 heavy (non-hydrogen) atoms. The SMILES string of the molecule is Cl.NCCCCCCC(=O)N1CCC(C(=O)Nc2ccccc2)CC1. The van der Waals surface area contributed by atoms with Crippen LogP contribution < -0.4 is 11.1 Å². The summed E-state index contributed by atoms with van der Waals surface area (Å²) in [5.41, 5.74) is 6.30. The summed E-state index contributed by atoms with van der Waals surface area (Å²) in [5, 5.41) is 2.96. The van der Waals surface area contributed by atoms with Crippen molar-refractivity contribution >= 4 is 29.9 Å². The number of hydrogen-bond acceptors (Lipinski definition) is 3. The van der Waals surface area contributed by atoms with E-state index in [9.17, 15) is 9.59 Å². The van der Waals surface area contributed by atoms with Crippen molar-refractivity contribution in [1.29, 1.82) is 0 Å². The van der Waals surface area contributed by atoms with E-state index in [0.29, 0.717) is 19.5 Å². The molecular formula is C19H30ClN3O2. The largest absolute Gasteiger partial charge is 0.343 e. The molecule has 6 heteroatoms. The zero-order valence-corrected chi connectivity index (χ0v) is 15.6. The second kappa shape index (κ2) is 11.9. The van der Waals surface area contributed by atoms with Gasteiger partial charge in [-0.05, 0) is 44.4 Å². The maximum Gasteiger partial charge on any atom is 0.227 e. The topological polar surface area (TPSA) is 75.4 Å². The highest BCUT2D eigenvalue weighted by molar-refractivity contribution is 5.92. The molecule has 140 valence electrons. The number of rotatable bonds is 8. The molecule has 0 bridgehead atoms. The fraction of sp³-hybridized carbons (Fsp3) is 0.579. The fourth-order valence-corrected chi connectivity index (χ4v) is 3.09. The average molecular weight is 368 g/mol. The lowest BCUT2D eigenvalue weighted by Crippen LogP contribution is -2.41. The number of nitrogens with two attached hydrogens (primary N) is 1. The number of carbonyl (C=O) groups is 2. The Balaban J connectivity index is 0.00000312. The molecule has 1 aromatic carbocycles. The monoisotopic (exact) mass is 367 g/mol. The summed E-state index contributed by atoms with van der Waals surface area (Å²) >= 11 is 0. The third-order valence-corrected chi connectivity index (χ3v) is 4.60. The van der Waals surface area contributed by atoms with Gasteiger partial charge in [-0.3, -0.25) is 9.59 Å². The summed E-state index contributed by atoms with van der Waals surface area (Å²) in [6, 6.07) is 9.52. The Morgan fingerprint density at radius 3 is 2.32 bits per heavy atom. The standard InChI is InChI=1S/C19H29N3O2.ClH/c20-13-7-2-1-6-10-18(23)22-14-11-16(12-15-22)19(24)21-17-8-4-3-5-9-17;/h3-5,8-9,16H,1-2,6-7,10-15,20H2,(H,21,24);1H. The van der Waals surface area contributed by atoms with Crippen molar-refractivity contribution < 1.29 is 9.59 Å². The number of nitrogens with one attached hydrogen (secondary N) is 1. The number of piperidine rings is 1. The first-order valence-electron chi connectivity index (χ1n) is 9.04. The number of likely N-dealkylation sites (tertiary alicyclic amines) is 1. The van der Waals surface area contributed by atoms with E-state index < -0.39 is 0 Å². The van der Waals surface area contributed by atoms with Crippen molar-refractivity contribution in [1.82, 2.24) is 4.90 Å². The van der Waals surface area contributed by atoms with E-state index in [-0.39, 0.29) is 30.1 Å². The number of amides is 2. The maximum atomic E-state index is 12.3. The van der Waals surface area contributed by atoms with E-state index in [1.807, 2.05) is 35.2 Å². The molecule has 0 saturated carbocycles. The Labute approximate surface area is 156 Å². The summed E-state index contributed by atoms with van der Waals surface area (Å²) in [5.74, 6) is 0.290. The van der Waals surface area contributed by atoms with Gasteiger partial charge >= 0.3 is 0 Å². The minimum absolute atomic E-state index is 0. The highest BCUT2D eigenvalue weighted by atomic mass is 35.5. The lowest BCUT2D eigenvalue weighted by Gasteiger charge is -2.31. The normalized spacial score (nSPS) is 14.7. The van der Waals surface area contributed by atoms with Gasteiger partial charge < -0.3 is 16.0 Å². The van der Waals surface area contributed by atoms with Gasteiger partial charge in [0.05, 0.1) is 0 Å². The first-order valence-corrected chi connectivity index (χ1v) is 9.04. The Hall–Kier alpha value is -1.59. The van der Waals surface area contributed by atoms with Crippen molar-refractivity contribution in [3.05, 3.63) is 30.3 Å². The van der Waals surface area contributed by atoms with Crippen LogP contribution in [0.4, 0.5) is 5.69 Å². The number of benzene rings is 1. The van der Waals surface area contributed by atoms with E-state index in [4.69, 9.17) is 5.73 Å². The van der Waals surface area contributed by atoms with Gasteiger partial charge in [0.15, 0.2) is 0 Å². The molecule has 3 N–H and O–H groups in total. The number of carbonyl (C=O) groups excluding carboxylic acids is 2. The zero-order chi connectivity index (χ0) is 17.2. The van der Waals surface area contributed by atoms with Crippen LogP contribution in [0.3, 0.4) is 0 Å². The van der Waals surface area contributed by atoms with Crippen LogP contribution in [0.25, 0.3) is 0 Å². The van der Waals surface area contributed by atoms with Crippen LogP contribution >= 0.6 is 12.4 Å². The predicted octanol–water partition coefficient (Wildman–Crippen LogP) is 3.19. The number of anilines is 1. The van der Waals surface area contributed by atoms with Gasteiger partial charge in [0, 0.05) is 31.1 Å². The molecule has 2 rings (SSSR count). The summed E-state index contributed by atoms with van der Waals surface area (Å²) in [4.78, 5) is 26.4. The minimum atomic E-state index is -0.00110. The van der Waals surface area contributed by atoms with E-state index in [1.54, 1.807) is 0 Å². The molecule has 1 saturated heterocycles. The molecular weight excluding hydrogens is 338 g/mol. The number of unbranched alkanes of at least 4 members (excludes halogenated alkanes) is 3. The Bertz CT molecular complexity index is 517. The quantitative estimate of drug-likeness (QED) is 0.693. The molecule has 0 spiro atoms. The average Bonchev–Trinajstić information content (AvgIpc) is 2.62. The van der Waals surface area contributed by atoms with E-state index in [2.05, 4.69) is 5.32 Å². The molecule has 2 amide bonds. The number of nitrogens with zero attached hydrogens (tertiary/aromatic N) is 1. The molecule has 0 aliphatic carbocycles. The molecule has 0 unspecified atom stereocenters. The lowest BCUT2D eigenvalue weighted by molar-refractivity contribution is -0.134. The smallest absolute Gasteiger partial charge is 0.227 e. The van der Waals surface area contributed by atoms with Crippen LogP contribution in [0.5, 0.6) is 0 Å². The van der Waals surface area contributed by atoms with Gasteiger partial charge in [-0.1, -0.05) is 31.0 Å². The van der Waals surface area contributed by atoms with Crippen molar-refractivity contribution in [2.75, 3.05) is 25.0 Å². The van der Waals surface area contributed by atoms with Gasteiger partial charge in [-0.25, -0.2) is 0 Å². The molecule has 1 aliphatic rings. The van der Waals surface area contributed by atoms with Crippen molar-refractivity contribution in [3.8, 4) is 0 Å². The molecule has 0 atom stereocenters. The van der Waals surface area contributed by atoms with Gasteiger partial charge in [-0.2, -0.15) is 0 Å². The second-order valence-corrected chi connectivity index (χ2v) is 6.46. The molecule has 0 radical (unpaired) electrons. The van der Waals surface area contributed by atoms with Crippen molar-refractivity contribution in [2.45, 2.75) is 44.9 Å². The Morgan fingerprint density at radius 2 is 1.68 bits per heavy atom. The first-order chi connectivity index (χ1) is 11.7. The minimum Gasteiger partial charge on any atom is -0.343 e. The Kier molecular flexibility index (Phi) is 10.2. The number of halogens is 1. The zero-order valence-electron chi connectivity index (χ0n) is 14.8. The summed E-state index contributed by atoms with van der Waals surface area (Å²) in [6.45, 7) is 2.11. The molecule has 1 aromatic rings. The number of para-hydroxylation sites is 1. The fourth-order valence-electron chi connectivity index (χ4n) is 3.09. The van der Waals surface area contributed by atoms with Crippen LogP contribution in [0, 0.1) is 5.92 Å². The molecule has 5 nitrogen and oxygen atoms in total. The summed E-state index contributed by atoms with van der Waals surface area (Å²) < 4.78 is 0. The molecule has 1 heterocycles. The van der Waals surface area contributed by atoms with Crippen LogP contribution in [0.2, 0.25) is 0 Å². The highest BCUT2D eigenvalue weighted by Crippen LogP contribution is 2.20. The van der Waals surface area contributed by atoms with E-state index >= 15 is 0 Å². The van der Waals surface area contributed by atoms with E-state index in [0.717, 1.165) is 50.8 Å². The van der Waals surface area contributed by atoms with Crippen LogP contribution in [-0.4, -0.2) is 36.3 Å². The van der Waals surface area contributed by atoms with Gasteiger partial charge in [0.1, 0.15) is 0 Å². The summed E-state index contributed by atoms with van der Waals surface area (Å²) in [7, 11) is 0. The van der Waals surface area contributed by atoms with Crippen LogP contribution in [0.1, 0.15) is 44.9 Å². The third kappa shape index (κ3) is 7.45. The molecule has 1 fully saturated rings. The Morgan fingerprint density at radius 1 is 1.04 bits per heavy atom. The van der Waals surface area contributed by atoms with Gasteiger partial charge in [-0.15, -0.1) is 12.4 Å². The van der Waals surface area contributed by atoms with Gasteiger partial charge in [0.25, 0.3) is 0 Å². The maximum absolute atomic E-state index is 12.3. The molecule has 0 aromatic heterocycles. The first kappa shape index (κ1) is 21.5. The third-order valence-electron chi connectivity index (χ3n) is 4.60. The highest BCUT2D eigenvalue weighted by Gasteiger charge is 2.27. The van der Waals surface area contributed by atoms with Crippen molar-refractivity contribution in [2.24, 2.45) is 11.7 Å². The van der Waals surface area contributed by atoms with Crippen molar-refractivity contribution in [3.63, 3.8) is 0 Å². The lowest BCUT2D eigenvalue weighted by atomic mass is 9.95. The van der Waals surface area contributed by atoms with Crippen LogP contribution in [-0.2, 0) is 9.59 Å². The molecule has 1 aliphatic heterocycles. The number of hydrogen-bond donors (Lipinski definition) is 2. The van der Waals surface area contributed by atoms with Gasteiger partial charge in [0.2, 0.25) is 11.8 Å². The predicted molar refractivity (Wildman–Crippen MR) is 104 cm³/mol. The second-order valence-electron chi connectivity index (χ2n) is 6.46. The summed E-state index contributed by atoms with van der Waals surface area (Å²) in [6.07, 6.45) is 6.26. The van der Waals surface area contributed by atoms with Crippen LogP contribution in [0.15, 0.2) is 30.3 Å². The van der Waals surface area contributed by atoms with E-state index in [1.165, 1.54) is 0 Å².